The van der Waals surface area contributed by atoms with Gasteiger partial charge in [-0.1, -0.05) is 37.3 Å². The molecule has 1 N–H and O–H groups in total. The lowest BCUT2D eigenvalue weighted by Crippen LogP contribution is -2.41. The summed E-state index contributed by atoms with van der Waals surface area (Å²) in [6.07, 6.45) is 4.17. The fourth-order valence-electron chi connectivity index (χ4n) is 2.97. The van der Waals surface area contributed by atoms with E-state index < -0.39 is 0 Å². The molecule has 0 aromatic heterocycles. The second-order valence-corrected chi connectivity index (χ2v) is 5.69. The standard InChI is InChI=1S/C15H21N/c1-11-7-14(8-11)16-10-13-9-15(13)12-5-3-2-4-6-12/h2-6,11,13-16H,7-10H2,1H3. The maximum atomic E-state index is 3.71. The van der Waals surface area contributed by atoms with Crippen LogP contribution in [0.15, 0.2) is 30.3 Å². The van der Waals surface area contributed by atoms with E-state index in [4.69, 9.17) is 0 Å². The first-order chi connectivity index (χ1) is 7.83. The van der Waals surface area contributed by atoms with Gasteiger partial charge in [-0.3, -0.25) is 0 Å². The van der Waals surface area contributed by atoms with Crippen molar-refractivity contribution in [3.8, 4) is 0 Å². The van der Waals surface area contributed by atoms with Crippen molar-refractivity contribution >= 4 is 0 Å². The molecule has 1 heteroatoms. The molecular weight excluding hydrogens is 194 g/mol. The Kier molecular flexibility index (Phi) is 2.72. The van der Waals surface area contributed by atoms with Gasteiger partial charge in [0.2, 0.25) is 0 Å². The van der Waals surface area contributed by atoms with E-state index in [1.807, 2.05) is 0 Å². The van der Waals surface area contributed by atoms with E-state index in [9.17, 15) is 0 Å². The van der Waals surface area contributed by atoms with Gasteiger partial charge in [0, 0.05) is 6.04 Å². The summed E-state index contributed by atoms with van der Waals surface area (Å²) in [4.78, 5) is 0. The number of hydrogen-bond donors (Lipinski definition) is 1. The van der Waals surface area contributed by atoms with Gasteiger partial charge in [0.1, 0.15) is 0 Å². The summed E-state index contributed by atoms with van der Waals surface area (Å²) in [6, 6.07) is 11.8. The molecular formula is C15H21N. The molecule has 0 heterocycles. The van der Waals surface area contributed by atoms with Crippen molar-refractivity contribution in [1.82, 2.24) is 5.32 Å². The minimum Gasteiger partial charge on any atom is -0.314 e. The molecule has 2 aliphatic carbocycles. The SMILES string of the molecule is CC1CC(NCC2CC2c2ccccc2)C1. The number of hydrogen-bond acceptors (Lipinski definition) is 1. The monoisotopic (exact) mass is 215 g/mol. The van der Waals surface area contributed by atoms with Gasteiger partial charge in [-0.2, -0.15) is 0 Å². The maximum Gasteiger partial charge on any atom is 0.00722 e. The average Bonchev–Trinajstić information content (AvgIpc) is 3.04. The molecule has 16 heavy (non-hydrogen) atoms. The first kappa shape index (κ1) is 10.3. The summed E-state index contributed by atoms with van der Waals surface area (Å²) in [7, 11) is 0. The van der Waals surface area contributed by atoms with E-state index in [-0.39, 0.29) is 0 Å². The summed E-state index contributed by atoms with van der Waals surface area (Å²) in [5.74, 6) is 2.70. The average molecular weight is 215 g/mol. The van der Waals surface area contributed by atoms with E-state index in [2.05, 4.69) is 42.6 Å². The fourth-order valence-corrected chi connectivity index (χ4v) is 2.97. The van der Waals surface area contributed by atoms with E-state index in [0.717, 1.165) is 23.8 Å². The Balaban J connectivity index is 1.43. The first-order valence-electron chi connectivity index (χ1n) is 6.61. The normalized spacial score (nSPS) is 36.8. The summed E-state index contributed by atoms with van der Waals surface area (Å²) < 4.78 is 0. The van der Waals surface area contributed by atoms with E-state index in [1.54, 1.807) is 0 Å². The zero-order valence-electron chi connectivity index (χ0n) is 10.0. The Morgan fingerprint density at radius 1 is 1.12 bits per heavy atom. The molecule has 0 bridgehead atoms. The van der Waals surface area contributed by atoms with Gasteiger partial charge in [0.15, 0.2) is 0 Å². The first-order valence-corrected chi connectivity index (χ1v) is 6.61. The Hall–Kier alpha value is -0.820. The third kappa shape index (κ3) is 2.15. The lowest BCUT2D eigenvalue weighted by molar-refractivity contribution is 0.239. The molecule has 86 valence electrons. The van der Waals surface area contributed by atoms with Gasteiger partial charge in [-0.25, -0.2) is 0 Å². The number of nitrogens with one attached hydrogen (secondary N) is 1. The summed E-state index contributed by atoms with van der Waals surface area (Å²) in [5.41, 5.74) is 1.54. The lowest BCUT2D eigenvalue weighted by Gasteiger charge is -2.33. The molecule has 2 unspecified atom stereocenters. The van der Waals surface area contributed by atoms with Crippen LogP contribution in [0.2, 0.25) is 0 Å². The molecule has 2 saturated carbocycles. The van der Waals surface area contributed by atoms with Crippen molar-refractivity contribution in [2.24, 2.45) is 11.8 Å². The van der Waals surface area contributed by atoms with Gasteiger partial charge in [-0.15, -0.1) is 0 Å². The summed E-state index contributed by atoms with van der Waals surface area (Å²) >= 11 is 0. The minimum absolute atomic E-state index is 0.826. The summed E-state index contributed by atoms with van der Waals surface area (Å²) in [5, 5.41) is 3.71. The number of benzene rings is 1. The second kappa shape index (κ2) is 4.21. The number of rotatable bonds is 4. The van der Waals surface area contributed by atoms with Crippen molar-refractivity contribution in [3.63, 3.8) is 0 Å². The predicted molar refractivity (Wildman–Crippen MR) is 67.5 cm³/mol. The molecule has 1 nitrogen and oxygen atoms in total. The zero-order chi connectivity index (χ0) is 11.0. The predicted octanol–water partition coefficient (Wildman–Crippen LogP) is 3.18. The Morgan fingerprint density at radius 3 is 2.56 bits per heavy atom. The highest BCUT2D eigenvalue weighted by Crippen LogP contribution is 2.47. The van der Waals surface area contributed by atoms with Crippen LogP contribution in [0, 0.1) is 11.8 Å². The van der Waals surface area contributed by atoms with Crippen LogP contribution in [0.25, 0.3) is 0 Å². The lowest BCUT2D eigenvalue weighted by atomic mass is 9.82. The van der Waals surface area contributed by atoms with Crippen molar-refractivity contribution in [2.45, 2.75) is 38.1 Å². The van der Waals surface area contributed by atoms with Gasteiger partial charge in [0.05, 0.1) is 0 Å². The highest BCUT2D eigenvalue weighted by molar-refractivity contribution is 5.25. The Labute approximate surface area is 98.3 Å². The molecule has 0 amide bonds. The Morgan fingerprint density at radius 2 is 1.88 bits per heavy atom. The highest BCUT2D eigenvalue weighted by Gasteiger charge is 2.38. The molecule has 1 aromatic rings. The van der Waals surface area contributed by atoms with Crippen molar-refractivity contribution < 1.29 is 0 Å². The van der Waals surface area contributed by atoms with E-state index >= 15 is 0 Å². The molecule has 2 atom stereocenters. The van der Waals surface area contributed by atoms with Crippen LogP contribution in [0.4, 0.5) is 0 Å². The smallest absolute Gasteiger partial charge is 0.00722 e. The maximum absolute atomic E-state index is 3.71. The van der Waals surface area contributed by atoms with Crippen LogP contribution < -0.4 is 5.32 Å². The van der Waals surface area contributed by atoms with Gasteiger partial charge in [0.25, 0.3) is 0 Å². The highest BCUT2D eigenvalue weighted by atomic mass is 14.9. The van der Waals surface area contributed by atoms with Crippen LogP contribution in [-0.2, 0) is 0 Å². The van der Waals surface area contributed by atoms with Gasteiger partial charge < -0.3 is 5.32 Å². The Bertz CT molecular complexity index is 340. The fraction of sp³-hybridized carbons (Fsp3) is 0.600. The van der Waals surface area contributed by atoms with Gasteiger partial charge >= 0.3 is 0 Å². The van der Waals surface area contributed by atoms with Gasteiger partial charge in [-0.05, 0) is 49.1 Å². The molecule has 3 rings (SSSR count). The van der Waals surface area contributed by atoms with Crippen LogP contribution in [0.3, 0.4) is 0 Å². The van der Waals surface area contributed by atoms with Crippen molar-refractivity contribution in [2.75, 3.05) is 6.54 Å². The zero-order valence-corrected chi connectivity index (χ0v) is 10.0. The molecule has 0 saturated heterocycles. The molecule has 2 aliphatic rings. The molecule has 0 aliphatic heterocycles. The van der Waals surface area contributed by atoms with Crippen LogP contribution >= 0.6 is 0 Å². The third-order valence-electron chi connectivity index (χ3n) is 4.19. The molecule has 1 aromatic carbocycles. The van der Waals surface area contributed by atoms with Crippen LogP contribution in [-0.4, -0.2) is 12.6 Å². The van der Waals surface area contributed by atoms with Crippen molar-refractivity contribution in [3.05, 3.63) is 35.9 Å². The molecule has 2 fully saturated rings. The van der Waals surface area contributed by atoms with Crippen LogP contribution in [0.5, 0.6) is 0 Å². The van der Waals surface area contributed by atoms with Crippen LogP contribution in [0.1, 0.15) is 37.7 Å². The van der Waals surface area contributed by atoms with E-state index in [1.165, 1.54) is 31.4 Å². The second-order valence-electron chi connectivity index (χ2n) is 5.69. The summed E-state index contributed by atoms with van der Waals surface area (Å²) in [6.45, 7) is 3.58. The topological polar surface area (TPSA) is 12.0 Å². The minimum atomic E-state index is 0.826. The van der Waals surface area contributed by atoms with E-state index in [0.29, 0.717) is 0 Å². The van der Waals surface area contributed by atoms with Crippen molar-refractivity contribution in [1.29, 1.82) is 0 Å². The third-order valence-corrected chi connectivity index (χ3v) is 4.19. The molecule has 0 spiro atoms. The largest absolute Gasteiger partial charge is 0.314 e. The molecule has 0 radical (unpaired) electrons. The quantitative estimate of drug-likeness (QED) is 0.813.